The van der Waals surface area contributed by atoms with Crippen LogP contribution in [0.15, 0.2) is 22.7 Å². The lowest BCUT2D eigenvalue weighted by Crippen LogP contribution is -2.44. The van der Waals surface area contributed by atoms with Crippen molar-refractivity contribution >= 4 is 21.6 Å². The number of nitriles is 1. The van der Waals surface area contributed by atoms with Crippen molar-refractivity contribution < 1.29 is 0 Å². The molecule has 2 rings (SSSR count). The van der Waals surface area contributed by atoms with E-state index in [0.29, 0.717) is 18.2 Å². The number of nitrogens with zero attached hydrogens (tertiary/aromatic N) is 2. The standard InChI is InChI=1S/C13H16BrN3/c14-12-7-10(8-15)4-5-13(12)17-6-2-1-3-11(17)9-16/h4-5,7,11H,1-3,6,9,16H2. The van der Waals surface area contributed by atoms with Crippen LogP contribution in [0.25, 0.3) is 0 Å². The van der Waals surface area contributed by atoms with Crippen LogP contribution in [0.1, 0.15) is 24.8 Å². The summed E-state index contributed by atoms with van der Waals surface area (Å²) in [4.78, 5) is 2.36. The zero-order valence-corrected chi connectivity index (χ0v) is 11.3. The highest BCUT2D eigenvalue weighted by Crippen LogP contribution is 2.31. The lowest BCUT2D eigenvalue weighted by Gasteiger charge is -2.37. The van der Waals surface area contributed by atoms with E-state index in [0.717, 1.165) is 23.1 Å². The third kappa shape index (κ3) is 2.62. The molecule has 2 N–H and O–H groups in total. The molecule has 0 aliphatic carbocycles. The Balaban J connectivity index is 2.29. The van der Waals surface area contributed by atoms with Crippen molar-refractivity contribution in [3.8, 4) is 6.07 Å². The Hall–Kier alpha value is -1.05. The SMILES string of the molecule is N#Cc1ccc(N2CCCCC2CN)c(Br)c1. The summed E-state index contributed by atoms with van der Waals surface area (Å²) in [6.45, 7) is 1.73. The van der Waals surface area contributed by atoms with E-state index in [1.165, 1.54) is 12.8 Å². The van der Waals surface area contributed by atoms with Crippen molar-refractivity contribution in [3.05, 3.63) is 28.2 Å². The maximum atomic E-state index is 8.86. The van der Waals surface area contributed by atoms with E-state index < -0.39 is 0 Å². The zero-order valence-electron chi connectivity index (χ0n) is 9.69. The molecule has 1 fully saturated rings. The van der Waals surface area contributed by atoms with Crippen LogP contribution in [0, 0.1) is 11.3 Å². The molecule has 1 aromatic carbocycles. The highest BCUT2D eigenvalue weighted by molar-refractivity contribution is 9.10. The van der Waals surface area contributed by atoms with E-state index in [2.05, 4.69) is 26.9 Å². The van der Waals surface area contributed by atoms with E-state index >= 15 is 0 Å². The number of hydrogen-bond donors (Lipinski definition) is 1. The first kappa shape index (κ1) is 12.4. The van der Waals surface area contributed by atoms with Gasteiger partial charge in [0.1, 0.15) is 0 Å². The second-order valence-corrected chi connectivity index (χ2v) is 5.21. The van der Waals surface area contributed by atoms with Gasteiger partial charge in [-0.05, 0) is 53.4 Å². The van der Waals surface area contributed by atoms with Gasteiger partial charge in [0.25, 0.3) is 0 Å². The quantitative estimate of drug-likeness (QED) is 0.912. The molecule has 1 atom stereocenters. The second kappa shape index (κ2) is 5.52. The van der Waals surface area contributed by atoms with Crippen LogP contribution in [0.5, 0.6) is 0 Å². The molecular formula is C13H16BrN3. The average Bonchev–Trinajstić information content (AvgIpc) is 2.38. The highest BCUT2D eigenvalue weighted by Gasteiger charge is 2.22. The van der Waals surface area contributed by atoms with Gasteiger partial charge in [0.15, 0.2) is 0 Å². The summed E-state index contributed by atoms with van der Waals surface area (Å²) < 4.78 is 0.983. The fraction of sp³-hybridized carbons (Fsp3) is 0.462. The largest absolute Gasteiger partial charge is 0.366 e. The Kier molecular flexibility index (Phi) is 4.03. The molecule has 0 amide bonds. The van der Waals surface area contributed by atoms with Crippen LogP contribution < -0.4 is 10.6 Å². The summed E-state index contributed by atoms with van der Waals surface area (Å²) in [5, 5.41) is 8.86. The summed E-state index contributed by atoms with van der Waals surface area (Å²) in [5.74, 6) is 0. The topological polar surface area (TPSA) is 53.0 Å². The Morgan fingerprint density at radius 1 is 1.47 bits per heavy atom. The maximum absolute atomic E-state index is 8.86. The van der Waals surface area contributed by atoms with Gasteiger partial charge >= 0.3 is 0 Å². The molecule has 0 aromatic heterocycles. The molecule has 1 aliphatic heterocycles. The average molecular weight is 294 g/mol. The third-order valence-corrected chi connectivity index (χ3v) is 3.92. The number of piperidine rings is 1. The van der Waals surface area contributed by atoms with Crippen molar-refractivity contribution in [1.29, 1.82) is 5.26 Å². The van der Waals surface area contributed by atoms with Gasteiger partial charge in [-0.15, -0.1) is 0 Å². The highest BCUT2D eigenvalue weighted by atomic mass is 79.9. The van der Waals surface area contributed by atoms with Crippen LogP contribution in [0.2, 0.25) is 0 Å². The van der Waals surface area contributed by atoms with Crippen molar-refractivity contribution in [3.63, 3.8) is 0 Å². The molecule has 1 unspecified atom stereocenters. The minimum Gasteiger partial charge on any atom is -0.366 e. The molecule has 90 valence electrons. The third-order valence-electron chi connectivity index (χ3n) is 3.29. The van der Waals surface area contributed by atoms with E-state index in [-0.39, 0.29) is 0 Å². The molecule has 1 heterocycles. The summed E-state index contributed by atoms with van der Waals surface area (Å²) >= 11 is 3.55. The molecule has 0 spiro atoms. The van der Waals surface area contributed by atoms with E-state index in [1.54, 1.807) is 0 Å². The first-order valence-corrected chi connectivity index (χ1v) is 6.72. The molecule has 0 bridgehead atoms. The van der Waals surface area contributed by atoms with Crippen LogP contribution in [0.4, 0.5) is 5.69 Å². The fourth-order valence-electron chi connectivity index (χ4n) is 2.37. The Morgan fingerprint density at radius 2 is 2.29 bits per heavy atom. The van der Waals surface area contributed by atoms with Gasteiger partial charge in [-0.1, -0.05) is 0 Å². The molecule has 1 aromatic rings. The van der Waals surface area contributed by atoms with Crippen LogP contribution >= 0.6 is 15.9 Å². The fourth-order valence-corrected chi connectivity index (χ4v) is 2.98. The lowest BCUT2D eigenvalue weighted by molar-refractivity contribution is 0.465. The number of benzene rings is 1. The van der Waals surface area contributed by atoms with E-state index in [4.69, 9.17) is 11.0 Å². The molecule has 4 heteroatoms. The summed E-state index contributed by atoms with van der Waals surface area (Å²) in [6, 6.07) is 8.32. The van der Waals surface area contributed by atoms with Crippen LogP contribution in [0.3, 0.4) is 0 Å². The normalized spacial score (nSPS) is 20.1. The molecule has 17 heavy (non-hydrogen) atoms. The van der Waals surface area contributed by atoms with E-state index in [1.807, 2.05) is 18.2 Å². The molecule has 3 nitrogen and oxygen atoms in total. The Morgan fingerprint density at radius 3 is 2.94 bits per heavy atom. The van der Waals surface area contributed by atoms with Crippen LogP contribution in [-0.4, -0.2) is 19.1 Å². The van der Waals surface area contributed by atoms with Gasteiger partial charge in [0.2, 0.25) is 0 Å². The number of hydrogen-bond acceptors (Lipinski definition) is 3. The second-order valence-electron chi connectivity index (χ2n) is 4.36. The molecular weight excluding hydrogens is 278 g/mol. The van der Waals surface area contributed by atoms with E-state index in [9.17, 15) is 0 Å². The lowest BCUT2D eigenvalue weighted by atomic mass is 10.0. The Labute approximate surface area is 110 Å². The number of anilines is 1. The molecule has 0 saturated carbocycles. The monoisotopic (exact) mass is 293 g/mol. The van der Waals surface area contributed by atoms with Gasteiger partial charge in [-0.3, -0.25) is 0 Å². The van der Waals surface area contributed by atoms with Gasteiger partial charge < -0.3 is 10.6 Å². The van der Waals surface area contributed by atoms with Crippen molar-refractivity contribution in [2.45, 2.75) is 25.3 Å². The summed E-state index contributed by atoms with van der Waals surface area (Å²) in [7, 11) is 0. The number of rotatable bonds is 2. The van der Waals surface area contributed by atoms with Crippen LogP contribution in [-0.2, 0) is 0 Å². The number of halogens is 1. The van der Waals surface area contributed by atoms with Gasteiger partial charge in [0.05, 0.1) is 17.3 Å². The molecule has 1 aliphatic rings. The molecule has 0 radical (unpaired) electrons. The minimum absolute atomic E-state index is 0.424. The van der Waals surface area contributed by atoms with Crippen molar-refractivity contribution in [2.24, 2.45) is 5.73 Å². The maximum Gasteiger partial charge on any atom is 0.0992 e. The Bertz CT molecular complexity index is 439. The summed E-state index contributed by atoms with van der Waals surface area (Å²) in [5.41, 5.74) is 7.66. The van der Waals surface area contributed by atoms with Crippen molar-refractivity contribution in [2.75, 3.05) is 18.0 Å². The first-order valence-electron chi connectivity index (χ1n) is 5.92. The number of nitrogens with two attached hydrogens (primary N) is 1. The smallest absolute Gasteiger partial charge is 0.0992 e. The zero-order chi connectivity index (χ0) is 12.3. The van der Waals surface area contributed by atoms with Gasteiger partial charge in [0, 0.05) is 23.6 Å². The predicted molar refractivity (Wildman–Crippen MR) is 72.9 cm³/mol. The van der Waals surface area contributed by atoms with Crippen molar-refractivity contribution in [1.82, 2.24) is 0 Å². The van der Waals surface area contributed by atoms with Gasteiger partial charge in [-0.25, -0.2) is 0 Å². The minimum atomic E-state index is 0.424. The first-order chi connectivity index (χ1) is 8.26. The molecule has 1 saturated heterocycles. The summed E-state index contributed by atoms with van der Waals surface area (Å²) in [6.07, 6.45) is 3.62. The predicted octanol–water partition coefficient (Wildman–Crippen LogP) is 2.64. The van der Waals surface area contributed by atoms with Gasteiger partial charge in [-0.2, -0.15) is 5.26 Å².